The van der Waals surface area contributed by atoms with Crippen LogP contribution in [0.1, 0.15) is 12.0 Å². The normalized spacial score (nSPS) is 20.2. The van der Waals surface area contributed by atoms with Crippen molar-refractivity contribution in [3.63, 3.8) is 0 Å². The molecule has 0 aliphatic carbocycles. The largest absolute Gasteiger partial charge is 0.481 e. The highest BCUT2D eigenvalue weighted by Gasteiger charge is 2.32. The first-order chi connectivity index (χ1) is 9.95. The van der Waals surface area contributed by atoms with Crippen molar-refractivity contribution >= 4 is 46.6 Å². The molecule has 1 aromatic carbocycles. The summed E-state index contributed by atoms with van der Waals surface area (Å²) in [5, 5.41) is 18.2. The van der Waals surface area contributed by atoms with Crippen molar-refractivity contribution in [2.24, 2.45) is 10.2 Å². The van der Waals surface area contributed by atoms with Gasteiger partial charge in [-0.25, -0.2) is 4.39 Å². The summed E-state index contributed by atoms with van der Waals surface area (Å²) >= 11 is 6.80. The molecule has 1 aliphatic rings. The summed E-state index contributed by atoms with van der Waals surface area (Å²) in [5.74, 6) is -1.94. The number of benzene rings is 1. The molecule has 9 heteroatoms. The molecule has 1 aromatic rings. The van der Waals surface area contributed by atoms with Gasteiger partial charge in [-0.1, -0.05) is 23.4 Å². The van der Waals surface area contributed by atoms with E-state index in [0.717, 1.165) is 17.8 Å². The number of hydrogen-bond acceptors (Lipinski definition) is 5. The molecular weight excluding hydrogens is 321 g/mol. The van der Waals surface area contributed by atoms with E-state index in [1.165, 1.54) is 18.3 Å². The Morgan fingerprint density at radius 1 is 1.57 bits per heavy atom. The average Bonchev–Trinajstić information content (AvgIpc) is 2.72. The molecule has 0 saturated carbocycles. The molecule has 6 nitrogen and oxygen atoms in total. The smallest absolute Gasteiger partial charge is 0.305 e. The van der Waals surface area contributed by atoms with Gasteiger partial charge < -0.3 is 10.4 Å². The van der Waals surface area contributed by atoms with E-state index >= 15 is 0 Å². The van der Waals surface area contributed by atoms with Crippen molar-refractivity contribution in [1.29, 1.82) is 0 Å². The summed E-state index contributed by atoms with van der Waals surface area (Å²) in [6, 6.07) is 3.81. The first-order valence-electron chi connectivity index (χ1n) is 5.71. The number of halogens is 2. The second kappa shape index (κ2) is 6.68. The second-order valence-corrected chi connectivity index (χ2v) is 5.61. The van der Waals surface area contributed by atoms with E-state index in [9.17, 15) is 14.0 Å². The van der Waals surface area contributed by atoms with E-state index in [1.807, 2.05) is 0 Å². The molecule has 0 bridgehead atoms. The standard InChI is InChI=1S/C12H9ClFN3O3S/c13-8-3-7(14)2-1-6(8)5-15-17-12-16-11(20)9(21-12)4-10(18)19/h1-3,5,9H,4H2,(H,18,19)(H,16,17,20). The lowest BCUT2D eigenvalue weighted by Crippen LogP contribution is -2.26. The van der Waals surface area contributed by atoms with E-state index in [-0.39, 0.29) is 16.6 Å². The van der Waals surface area contributed by atoms with Crippen LogP contribution in [0.15, 0.2) is 28.4 Å². The van der Waals surface area contributed by atoms with Gasteiger partial charge in [-0.3, -0.25) is 9.59 Å². The molecule has 21 heavy (non-hydrogen) atoms. The molecule has 1 aliphatic heterocycles. The van der Waals surface area contributed by atoms with Gasteiger partial charge in [-0.05, 0) is 18.2 Å². The first-order valence-corrected chi connectivity index (χ1v) is 6.97. The fourth-order valence-corrected chi connectivity index (χ4v) is 2.63. The SMILES string of the molecule is O=C(O)CC1SC(=NN=Cc2ccc(F)cc2Cl)NC1=O. The van der Waals surface area contributed by atoms with Crippen LogP contribution in [0.2, 0.25) is 5.02 Å². The Hall–Kier alpha value is -1.93. The molecule has 1 saturated heterocycles. The quantitative estimate of drug-likeness (QED) is 0.651. The van der Waals surface area contributed by atoms with Crippen molar-refractivity contribution in [2.75, 3.05) is 0 Å². The lowest BCUT2D eigenvalue weighted by molar-refractivity contribution is -0.138. The molecule has 110 valence electrons. The van der Waals surface area contributed by atoms with E-state index in [4.69, 9.17) is 16.7 Å². The highest BCUT2D eigenvalue weighted by Crippen LogP contribution is 2.22. The first kappa shape index (κ1) is 15.5. The summed E-state index contributed by atoms with van der Waals surface area (Å²) < 4.78 is 12.9. The molecule has 1 fully saturated rings. The molecule has 0 aromatic heterocycles. The molecule has 1 heterocycles. The Labute approximate surface area is 128 Å². The van der Waals surface area contributed by atoms with E-state index < -0.39 is 22.9 Å². The number of carbonyl (C=O) groups excluding carboxylic acids is 1. The van der Waals surface area contributed by atoms with Crippen LogP contribution in [0.3, 0.4) is 0 Å². The molecule has 2 rings (SSSR count). The lowest BCUT2D eigenvalue weighted by Gasteiger charge is -1.98. The summed E-state index contributed by atoms with van der Waals surface area (Å²) in [6.07, 6.45) is 1.02. The molecule has 0 radical (unpaired) electrons. The number of amides is 1. The summed E-state index contributed by atoms with van der Waals surface area (Å²) in [6.45, 7) is 0. The predicted molar refractivity (Wildman–Crippen MR) is 78.2 cm³/mol. The number of carboxylic acids is 1. The van der Waals surface area contributed by atoms with Crippen molar-refractivity contribution in [3.8, 4) is 0 Å². The number of amidine groups is 1. The Morgan fingerprint density at radius 3 is 3.00 bits per heavy atom. The van der Waals surface area contributed by atoms with Crippen LogP contribution in [0.4, 0.5) is 4.39 Å². The third-order valence-electron chi connectivity index (χ3n) is 2.44. The van der Waals surface area contributed by atoms with Crippen LogP contribution in [-0.2, 0) is 9.59 Å². The van der Waals surface area contributed by atoms with E-state index in [1.54, 1.807) is 0 Å². The number of thioether (sulfide) groups is 1. The van der Waals surface area contributed by atoms with Crippen LogP contribution < -0.4 is 5.32 Å². The van der Waals surface area contributed by atoms with Crippen molar-refractivity contribution in [2.45, 2.75) is 11.7 Å². The molecule has 1 atom stereocenters. The molecular formula is C12H9ClFN3O3S. The van der Waals surface area contributed by atoms with Gasteiger partial charge in [0, 0.05) is 5.56 Å². The van der Waals surface area contributed by atoms with Gasteiger partial charge in [0.2, 0.25) is 5.91 Å². The van der Waals surface area contributed by atoms with Gasteiger partial charge in [-0.15, -0.1) is 5.10 Å². The molecule has 2 N–H and O–H groups in total. The van der Waals surface area contributed by atoms with E-state index in [2.05, 4.69) is 15.5 Å². The van der Waals surface area contributed by atoms with Crippen molar-refractivity contribution in [3.05, 3.63) is 34.6 Å². The van der Waals surface area contributed by atoms with Gasteiger partial charge in [0.25, 0.3) is 0 Å². The van der Waals surface area contributed by atoms with Gasteiger partial charge in [0.05, 0.1) is 17.7 Å². The topological polar surface area (TPSA) is 91.1 Å². The Balaban J connectivity index is 2.03. The highest BCUT2D eigenvalue weighted by atomic mass is 35.5. The van der Waals surface area contributed by atoms with Crippen LogP contribution in [0.5, 0.6) is 0 Å². The maximum Gasteiger partial charge on any atom is 0.305 e. The fourth-order valence-electron chi connectivity index (χ4n) is 1.49. The highest BCUT2D eigenvalue weighted by molar-refractivity contribution is 8.15. The number of carboxylic acid groups (broad SMARTS) is 1. The predicted octanol–water partition coefficient (Wildman–Crippen LogP) is 1.88. The van der Waals surface area contributed by atoms with Gasteiger partial charge in [-0.2, -0.15) is 5.10 Å². The minimum absolute atomic E-state index is 0.186. The van der Waals surface area contributed by atoms with Crippen LogP contribution >= 0.6 is 23.4 Å². The number of nitrogens with one attached hydrogen (secondary N) is 1. The van der Waals surface area contributed by atoms with Gasteiger partial charge in [0.15, 0.2) is 5.17 Å². The van der Waals surface area contributed by atoms with Crippen LogP contribution in [-0.4, -0.2) is 33.6 Å². The number of carbonyl (C=O) groups is 2. The van der Waals surface area contributed by atoms with Crippen LogP contribution in [0, 0.1) is 5.82 Å². The summed E-state index contributed by atoms with van der Waals surface area (Å²) in [4.78, 5) is 22.0. The zero-order valence-electron chi connectivity index (χ0n) is 10.4. The van der Waals surface area contributed by atoms with Crippen molar-refractivity contribution < 1.29 is 19.1 Å². The Kier molecular flexibility index (Phi) is 4.92. The monoisotopic (exact) mass is 329 g/mol. The minimum Gasteiger partial charge on any atom is -0.481 e. The second-order valence-electron chi connectivity index (χ2n) is 4.01. The third-order valence-corrected chi connectivity index (χ3v) is 3.84. The number of rotatable bonds is 4. The maximum absolute atomic E-state index is 12.9. The number of aliphatic carboxylic acids is 1. The van der Waals surface area contributed by atoms with Gasteiger partial charge in [0.1, 0.15) is 11.1 Å². The Bertz CT molecular complexity index is 651. The maximum atomic E-state index is 12.9. The zero-order valence-corrected chi connectivity index (χ0v) is 12.0. The van der Waals surface area contributed by atoms with Crippen molar-refractivity contribution in [1.82, 2.24) is 5.32 Å². The zero-order chi connectivity index (χ0) is 15.4. The molecule has 1 unspecified atom stereocenters. The summed E-state index contributed by atoms with van der Waals surface area (Å²) in [5.41, 5.74) is 0.471. The van der Waals surface area contributed by atoms with Crippen LogP contribution in [0.25, 0.3) is 0 Å². The Morgan fingerprint density at radius 2 is 2.33 bits per heavy atom. The third kappa shape index (κ3) is 4.27. The lowest BCUT2D eigenvalue weighted by atomic mass is 10.2. The van der Waals surface area contributed by atoms with E-state index in [0.29, 0.717) is 5.56 Å². The average molecular weight is 330 g/mol. The number of nitrogens with zero attached hydrogens (tertiary/aromatic N) is 2. The molecule has 1 amide bonds. The fraction of sp³-hybridized carbons (Fsp3) is 0.167. The van der Waals surface area contributed by atoms with Gasteiger partial charge >= 0.3 is 5.97 Å². The number of hydrogen-bond donors (Lipinski definition) is 2. The molecule has 0 spiro atoms. The summed E-state index contributed by atoms with van der Waals surface area (Å²) in [7, 11) is 0. The minimum atomic E-state index is -1.06.